The lowest BCUT2D eigenvalue weighted by atomic mass is 9.98. The minimum absolute atomic E-state index is 0.111. The zero-order valence-corrected chi connectivity index (χ0v) is 21.0. The number of ketones is 1. The molecule has 1 aromatic carbocycles. The highest BCUT2D eigenvalue weighted by Crippen LogP contribution is 2.27. The number of aromatic nitrogens is 6. The van der Waals surface area contributed by atoms with Gasteiger partial charge in [0.1, 0.15) is 24.2 Å². The molecule has 11 nitrogen and oxygen atoms in total. The average molecular weight is 511 g/mol. The second-order valence-corrected chi connectivity index (χ2v) is 8.67. The Morgan fingerprint density at radius 2 is 1.97 bits per heavy atom. The van der Waals surface area contributed by atoms with Crippen LogP contribution in [0.15, 0.2) is 61.8 Å². The standard InChI is InChI=1S/C27H26N8O3/c1-4-21(38-3)22-19(12-29-24(22)26(28)35-15-32-16(2)33-35)25(36)27(37)34-11-10-18-20(13-34)30-14-31-23(18)17-8-6-5-7-9-17/h4-9,12,14-15,29H,1,10-11,13,28H2,2-3H3/b22-21+,26-24-. The highest BCUT2D eigenvalue weighted by atomic mass is 16.5. The van der Waals surface area contributed by atoms with Crippen molar-refractivity contribution >= 4 is 23.3 Å². The third kappa shape index (κ3) is 4.34. The van der Waals surface area contributed by atoms with Gasteiger partial charge in [0.15, 0.2) is 5.82 Å². The monoisotopic (exact) mass is 510 g/mol. The first kappa shape index (κ1) is 24.6. The van der Waals surface area contributed by atoms with Crippen LogP contribution >= 0.6 is 0 Å². The van der Waals surface area contributed by atoms with E-state index in [9.17, 15) is 9.59 Å². The van der Waals surface area contributed by atoms with E-state index in [0.717, 1.165) is 22.5 Å². The van der Waals surface area contributed by atoms with Crippen LogP contribution in [0.25, 0.3) is 22.8 Å². The van der Waals surface area contributed by atoms with Gasteiger partial charge in [-0.25, -0.2) is 19.6 Å². The lowest BCUT2D eigenvalue weighted by molar-refractivity contribution is -0.127. The first-order valence-corrected chi connectivity index (χ1v) is 11.9. The van der Waals surface area contributed by atoms with Gasteiger partial charge >= 0.3 is 0 Å². The van der Waals surface area contributed by atoms with Crippen LogP contribution in [-0.4, -0.2) is 60.0 Å². The molecular weight excluding hydrogens is 484 g/mol. The third-order valence-electron chi connectivity index (χ3n) is 6.42. The van der Waals surface area contributed by atoms with Gasteiger partial charge in [-0.2, -0.15) is 5.10 Å². The molecule has 0 aliphatic carbocycles. The van der Waals surface area contributed by atoms with Crippen LogP contribution in [0.4, 0.5) is 0 Å². The Morgan fingerprint density at radius 3 is 2.66 bits per heavy atom. The molecule has 11 heteroatoms. The van der Waals surface area contributed by atoms with Gasteiger partial charge in [-0.3, -0.25) is 9.59 Å². The van der Waals surface area contributed by atoms with Gasteiger partial charge in [-0.1, -0.05) is 36.9 Å². The largest absolute Gasteiger partial charge is 0.496 e. The maximum atomic E-state index is 13.5. The Labute approximate surface area is 218 Å². The highest BCUT2D eigenvalue weighted by molar-refractivity contribution is 6.42. The number of nitrogens with one attached hydrogen (secondary N) is 1. The molecule has 192 valence electrons. The second-order valence-electron chi connectivity index (χ2n) is 8.67. The number of hydrogen-bond acceptors (Lipinski definition) is 8. The molecule has 0 bridgehead atoms. The van der Waals surface area contributed by atoms with E-state index in [1.165, 1.54) is 41.6 Å². The number of benzene rings is 1. The van der Waals surface area contributed by atoms with Crippen molar-refractivity contribution in [3.63, 3.8) is 0 Å². The first-order valence-electron chi connectivity index (χ1n) is 11.9. The molecule has 4 heterocycles. The number of methoxy groups -OCH3 is 1. The summed E-state index contributed by atoms with van der Waals surface area (Å²) >= 11 is 0. The maximum absolute atomic E-state index is 13.5. The van der Waals surface area contributed by atoms with Crippen molar-refractivity contribution in [2.24, 2.45) is 5.73 Å². The van der Waals surface area contributed by atoms with E-state index in [4.69, 9.17) is 10.5 Å². The number of rotatable bonds is 6. The third-order valence-corrected chi connectivity index (χ3v) is 6.42. The van der Waals surface area contributed by atoms with Gasteiger partial charge in [0.2, 0.25) is 0 Å². The van der Waals surface area contributed by atoms with E-state index < -0.39 is 11.7 Å². The van der Waals surface area contributed by atoms with Crippen LogP contribution < -0.4 is 16.3 Å². The first-order chi connectivity index (χ1) is 18.4. The van der Waals surface area contributed by atoms with E-state index in [1.807, 2.05) is 30.3 Å². The molecule has 0 unspecified atom stereocenters. The van der Waals surface area contributed by atoms with Crippen LogP contribution in [0.5, 0.6) is 0 Å². The number of nitrogens with zero attached hydrogens (tertiary/aromatic N) is 6. The van der Waals surface area contributed by atoms with Crippen LogP contribution in [-0.2, 0) is 22.5 Å². The fourth-order valence-corrected chi connectivity index (χ4v) is 4.56. The molecule has 5 rings (SSSR count). The smallest absolute Gasteiger partial charge is 0.295 e. The summed E-state index contributed by atoms with van der Waals surface area (Å²) in [4.78, 5) is 44.5. The average Bonchev–Trinajstić information content (AvgIpc) is 3.59. The van der Waals surface area contributed by atoms with Gasteiger partial charge in [0.05, 0.1) is 41.2 Å². The number of ether oxygens (including phenoxy) is 1. The predicted molar refractivity (Wildman–Crippen MR) is 139 cm³/mol. The summed E-state index contributed by atoms with van der Waals surface area (Å²) < 4.78 is 6.84. The summed E-state index contributed by atoms with van der Waals surface area (Å²) in [5, 5.41) is 4.90. The number of hydrogen-bond donors (Lipinski definition) is 2. The summed E-state index contributed by atoms with van der Waals surface area (Å²) in [6.45, 7) is 6.06. The molecule has 0 saturated carbocycles. The molecule has 0 atom stereocenters. The molecule has 3 N–H and O–H groups in total. The van der Waals surface area contributed by atoms with Crippen molar-refractivity contribution < 1.29 is 14.3 Å². The second kappa shape index (κ2) is 10.1. The number of carbonyl (C=O) groups excluding carboxylic acids is 2. The van der Waals surface area contributed by atoms with Gasteiger partial charge in [-0.15, -0.1) is 0 Å². The van der Waals surface area contributed by atoms with Crippen LogP contribution in [0, 0.1) is 6.92 Å². The van der Waals surface area contributed by atoms with E-state index >= 15 is 0 Å². The Hall–Kier alpha value is -5.06. The number of H-pyrrole nitrogens is 1. The molecule has 3 aromatic heterocycles. The summed E-state index contributed by atoms with van der Waals surface area (Å²) in [5.74, 6) is -0.377. The van der Waals surface area contributed by atoms with Gasteiger partial charge in [0, 0.05) is 23.9 Å². The van der Waals surface area contributed by atoms with Crippen LogP contribution in [0.2, 0.25) is 0 Å². The Balaban J connectivity index is 1.51. The molecule has 0 spiro atoms. The lowest BCUT2D eigenvalue weighted by Gasteiger charge is -2.28. The minimum Gasteiger partial charge on any atom is -0.496 e. The maximum Gasteiger partial charge on any atom is 0.295 e. The minimum atomic E-state index is -0.706. The molecular formula is C27H26N8O3. The number of fused-ring (bicyclic) bond motifs is 1. The normalized spacial score (nSPS) is 14.4. The number of carbonyl (C=O) groups is 2. The molecule has 0 fully saturated rings. The topological polar surface area (TPSA) is 145 Å². The Kier molecular flexibility index (Phi) is 6.56. The molecule has 0 saturated heterocycles. The van der Waals surface area contributed by atoms with E-state index in [1.54, 1.807) is 6.92 Å². The van der Waals surface area contributed by atoms with E-state index in [0.29, 0.717) is 29.4 Å². The quantitative estimate of drug-likeness (QED) is 0.284. The zero-order chi connectivity index (χ0) is 26.8. The number of amides is 1. The molecule has 1 amide bonds. The SMILES string of the molecule is C=C/C(OC)=c1/c(C(=O)C(=O)N2CCc3c(ncnc3-c3ccccc3)C2)c[nH]/c1=C(/N)n1cnc(C)n1. The zero-order valence-electron chi connectivity index (χ0n) is 21.0. The molecule has 0 radical (unpaired) electrons. The number of aromatic amines is 1. The molecule has 38 heavy (non-hydrogen) atoms. The van der Waals surface area contributed by atoms with Crippen molar-refractivity contribution in [2.45, 2.75) is 19.9 Å². The fourth-order valence-electron chi connectivity index (χ4n) is 4.56. The van der Waals surface area contributed by atoms with Crippen molar-refractivity contribution in [3.05, 3.63) is 95.1 Å². The van der Waals surface area contributed by atoms with Crippen molar-refractivity contribution in [2.75, 3.05) is 13.7 Å². The van der Waals surface area contributed by atoms with Crippen LogP contribution in [0.1, 0.15) is 27.4 Å². The number of Topliss-reactive ketones (excluding diaryl/α,β-unsaturated/α-hetero) is 1. The number of aryl methyl sites for hydroxylation is 1. The Bertz CT molecular complexity index is 1670. The van der Waals surface area contributed by atoms with Gasteiger partial charge in [0.25, 0.3) is 11.7 Å². The van der Waals surface area contributed by atoms with Crippen LogP contribution in [0.3, 0.4) is 0 Å². The Morgan fingerprint density at radius 1 is 1.18 bits per heavy atom. The summed E-state index contributed by atoms with van der Waals surface area (Å²) in [6, 6.07) is 9.82. The van der Waals surface area contributed by atoms with E-state index in [2.05, 4.69) is 31.6 Å². The highest BCUT2D eigenvalue weighted by Gasteiger charge is 2.30. The lowest BCUT2D eigenvalue weighted by Crippen LogP contribution is -2.43. The molecule has 4 aromatic rings. The fraction of sp³-hybridized carbons (Fsp3) is 0.185. The summed E-state index contributed by atoms with van der Waals surface area (Å²) in [7, 11) is 1.45. The van der Waals surface area contributed by atoms with E-state index in [-0.39, 0.29) is 23.7 Å². The molecule has 1 aliphatic heterocycles. The van der Waals surface area contributed by atoms with Gasteiger partial charge in [-0.05, 0) is 19.4 Å². The summed E-state index contributed by atoms with van der Waals surface area (Å²) in [6.07, 6.45) is 6.37. The predicted octanol–water partition coefficient (Wildman–Crippen LogP) is 0.653. The number of nitrogens with two attached hydrogens (primary N) is 1. The van der Waals surface area contributed by atoms with Crippen molar-refractivity contribution in [1.82, 2.24) is 34.6 Å². The summed E-state index contributed by atoms with van der Waals surface area (Å²) in [5.41, 5.74) is 9.98. The van der Waals surface area contributed by atoms with Gasteiger partial charge < -0.3 is 20.4 Å². The van der Waals surface area contributed by atoms with Crippen molar-refractivity contribution in [1.29, 1.82) is 0 Å². The molecule has 1 aliphatic rings. The van der Waals surface area contributed by atoms with Crippen molar-refractivity contribution in [3.8, 4) is 11.3 Å².